The van der Waals surface area contributed by atoms with Gasteiger partial charge in [0.05, 0.1) is 22.2 Å². The van der Waals surface area contributed by atoms with Gasteiger partial charge in [-0.1, -0.05) is 133 Å². The van der Waals surface area contributed by atoms with E-state index in [0.717, 1.165) is 84.5 Å². The molecular weight excluding hydrogens is 721 g/mol. The molecule has 3 heterocycles. The van der Waals surface area contributed by atoms with E-state index >= 15 is 0 Å². The third kappa shape index (κ3) is 5.39. The third-order valence-corrected chi connectivity index (χ3v) is 11.9. The predicted molar refractivity (Wildman–Crippen MR) is 243 cm³/mol. The molecule has 1 aliphatic heterocycles. The summed E-state index contributed by atoms with van der Waals surface area (Å²) in [7, 11) is 0. The van der Waals surface area contributed by atoms with Crippen LogP contribution in [0.15, 0.2) is 200 Å². The molecular formula is C54H36N4O. The fourth-order valence-corrected chi connectivity index (χ4v) is 9.25. The van der Waals surface area contributed by atoms with Gasteiger partial charge in [0.15, 0.2) is 0 Å². The molecule has 2 aromatic heterocycles. The van der Waals surface area contributed by atoms with Gasteiger partial charge in [0.25, 0.3) is 0 Å². The highest BCUT2D eigenvalue weighted by Gasteiger charge is 2.31. The molecule has 0 bridgehead atoms. The van der Waals surface area contributed by atoms with Gasteiger partial charge in [0.1, 0.15) is 11.9 Å². The van der Waals surface area contributed by atoms with Crippen LogP contribution in [-0.2, 0) is 0 Å². The molecule has 0 amide bonds. The van der Waals surface area contributed by atoms with E-state index in [-0.39, 0.29) is 6.10 Å². The molecule has 2 aliphatic rings. The highest BCUT2D eigenvalue weighted by Crippen LogP contribution is 2.45. The van der Waals surface area contributed by atoms with E-state index in [2.05, 4.69) is 204 Å². The lowest BCUT2D eigenvalue weighted by Gasteiger charge is -2.26. The SMILES string of the molecule is C1=C(c2nc(-n3c4ccccc4c4c5ccccc5c(-c5cccc(N(c6ccccc6)c6ccccc6)c5)cc43)nc3ccccc23)C=C2c3ccccc3OC2C1. The van der Waals surface area contributed by atoms with Gasteiger partial charge in [-0.05, 0) is 94.2 Å². The molecule has 12 rings (SSSR count). The van der Waals surface area contributed by atoms with Crippen molar-refractivity contribution in [1.29, 1.82) is 0 Å². The van der Waals surface area contributed by atoms with E-state index in [0.29, 0.717) is 5.95 Å². The van der Waals surface area contributed by atoms with Gasteiger partial charge in [-0.2, -0.15) is 0 Å². The standard InChI is InChI=1S/C54H36N4O/c1-3-17-37(18-4-1)57(38-19-5-2-6-20-38)39-21-15-16-35(32-39)45-34-49-52(42-24-8-7-22-40(42)45)44-26-10-13-28-48(44)58(49)54-55-47-27-12-9-25-43(47)53(56-54)36-30-31-51-46(33-36)41-23-11-14-29-50(41)59-51/h1-30,32-34,51H,31H2. The summed E-state index contributed by atoms with van der Waals surface area (Å²) in [6, 6.07) is 66.6. The van der Waals surface area contributed by atoms with Gasteiger partial charge in [-0.3, -0.25) is 4.57 Å². The summed E-state index contributed by atoms with van der Waals surface area (Å²) >= 11 is 0. The smallest absolute Gasteiger partial charge is 0.235 e. The number of nitrogens with zero attached hydrogens (tertiary/aromatic N) is 4. The molecule has 0 N–H and O–H groups in total. The molecule has 59 heavy (non-hydrogen) atoms. The second kappa shape index (κ2) is 13.4. The van der Waals surface area contributed by atoms with Crippen molar-refractivity contribution in [2.24, 2.45) is 0 Å². The number of hydrogen-bond acceptors (Lipinski definition) is 4. The van der Waals surface area contributed by atoms with Crippen LogP contribution < -0.4 is 9.64 Å². The molecule has 5 heteroatoms. The summed E-state index contributed by atoms with van der Waals surface area (Å²) in [6.07, 6.45) is 5.34. The Kier molecular flexibility index (Phi) is 7.60. The zero-order valence-corrected chi connectivity index (χ0v) is 32.0. The minimum absolute atomic E-state index is 0.0127. The van der Waals surface area contributed by atoms with Gasteiger partial charge < -0.3 is 9.64 Å². The van der Waals surface area contributed by atoms with Crippen LogP contribution in [0.1, 0.15) is 17.7 Å². The number of rotatable bonds is 6. The molecule has 0 saturated carbocycles. The lowest BCUT2D eigenvalue weighted by atomic mass is 9.91. The fourth-order valence-electron chi connectivity index (χ4n) is 9.25. The lowest BCUT2D eigenvalue weighted by molar-refractivity contribution is 0.279. The maximum atomic E-state index is 6.36. The van der Waals surface area contributed by atoms with Crippen LogP contribution in [0, 0.1) is 0 Å². The van der Waals surface area contributed by atoms with Crippen molar-refractivity contribution in [1.82, 2.24) is 14.5 Å². The van der Waals surface area contributed by atoms with E-state index < -0.39 is 0 Å². The summed E-state index contributed by atoms with van der Waals surface area (Å²) in [5.74, 6) is 1.59. The number of anilines is 3. The third-order valence-electron chi connectivity index (χ3n) is 11.9. The topological polar surface area (TPSA) is 43.2 Å². The Bertz CT molecular complexity index is 3310. The monoisotopic (exact) mass is 756 g/mol. The zero-order chi connectivity index (χ0) is 38.9. The molecule has 278 valence electrons. The molecule has 1 atom stereocenters. The number of allylic oxidation sites excluding steroid dienone is 2. The van der Waals surface area contributed by atoms with E-state index in [9.17, 15) is 0 Å². The van der Waals surface area contributed by atoms with Crippen molar-refractivity contribution in [3.63, 3.8) is 0 Å². The summed E-state index contributed by atoms with van der Waals surface area (Å²) < 4.78 is 8.63. The molecule has 0 fully saturated rings. The Balaban J connectivity index is 1.09. The highest BCUT2D eigenvalue weighted by molar-refractivity contribution is 6.24. The second-order valence-electron chi connectivity index (χ2n) is 15.3. The number of ether oxygens (including phenoxy) is 1. The van der Waals surface area contributed by atoms with E-state index in [1.54, 1.807) is 0 Å². The van der Waals surface area contributed by atoms with Crippen molar-refractivity contribution >= 4 is 71.7 Å². The van der Waals surface area contributed by atoms with Crippen molar-refractivity contribution in [2.75, 3.05) is 4.90 Å². The average Bonchev–Trinajstić information content (AvgIpc) is 3.85. The van der Waals surface area contributed by atoms with Crippen LogP contribution in [0.4, 0.5) is 17.1 Å². The quantitative estimate of drug-likeness (QED) is 0.169. The maximum Gasteiger partial charge on any atom is 0.235 e. The first-order valence-corrected chi connectivity index (χ1v) is 20.2. The van der Waals surface area contributed by atoms with Gasteiger partial charge in [0, 0.05) is 50.8 Å². The number of para-hydroxylation sites is 5. The van der Waals surface area contributed by atoms with Crippen molar-refractivity contribution in [2.45, 2.75) is 12.5 Å². The lowest BCUT2D eigenvalue weighted by Crippen LogP contribution is -2.14. The van der Waals surface area contributed by atoms with E-state index in [1.807, 2.05) is 6.07 Å². The fraction of sp³-hybridized carbons (Fsp3) is 0.0370. The molecule has 0 saturated heterocycles. The molecule has 10 aromatic rings. The normalized spacial score (nSPS) is 14.5. The van der Waals surface area contributed by atoms with E-state index in [4.69, 9.17) is 14.7 Å². The molecule has 1 aliphatic carbocycles. The van der Waals surface area contributed by atoms with Crippen molar-refractivity contribution < 1.29 is 4.74 Å². The van der Waals surface area contributed by atoms with Crippen LogP contribution in [0.2, 0.25) is 0 Å². The molecule has 0 spiro atoms. The largest absolute Gasteiger partial charge is 0.485 e. The Morgan fingerprint density at radius 1 is 0.525 bits per heavy atom. The molecule has 5 nitrogen and oxygen atoms in total. The van der Waals surface area contributed by atoms with Crippen molar-refractivity contribution in [3.05, 3.63) is 211 Å². The number of fused-ring (bicyclic) bond motifs is 9. The minimum Gasteiger partial charge on any atom is -0.485 e. The molecule has 0 radical (unpaired) electrons. The first-order chi connectivity index (χ1) is 29.3. The predicted octanol–water partition coefficient (Wildman–Crippen LogP) is 13.6. The number of aromatic nitrogens is 3. The van der Waals surface area contributed by atoms with Crippen LogP contribution in [0.3, 0.4) is 0 Å². The Morgan fingerprint density at radius 2 is 1.19 bits per heavy atom. The van der Waals surface area contributed by atoms with Gasteiger partial charge in [0.2, 0.25) is 5.95 Å². The van der Waals surface area contributed by atoms with Gasteiger partial charge in [-0.15, -0.1) is 0 Å². The van der Waals surface area contributed by atoms with Crippen LogP contribution in [0.5, 0.6) is 5.75 Å². The Hall–Kier alpha value is -7.76. The number of hydrogen-bond donors (Lipinski definition) is 0. The maximum absolute atomic E-state index is 6.36. The average molecular weight is 757 g/mol. The Labute approximate surface area is 341 Å². The summed E-state index contributed by atoms with van der Waals surface area (Å²) in [6.45, 7) is 0. The van der Waals surface area contributed by atoms with Crippen LogP contribution in [-0.4, -0.2) is 20.6 Å². The summed E-state index contributed by atoms with van der Waals surface area (Å²) in [4.78, 5) is 13.2. The van der Waals surface area contributed by atoms with Crippen LogP contribution >= 0.6 is 0 Å². The van der Waals surface area contributed by atoms with Crippen LogP contribution in [0.25, 0.3) is 71.7 Å². The number of benzene rings is 8. The first-order valence-electron chi connectivity index (χ1n) is 20.2. The zero-order valence-electron chi connectivity index (χ0n) is 32.0. The van der Waals surface area contributed by atoms with Crippen molar-refractivity contribution in [3.8, 4) is 22.8 Å². The minimum atomic E-state index is 0.0127. The van der Waals surface area contributed by atoms with E-state index in [1.165, 1.54) is 21.7 Å². The highest BCUT2D eigenvalue weighted by atomic mass is 16.5. The van der Waals surface area contributed by atoms with Gasteiger partial charge in [-0.25, -0.2) is 9.97 Å². The summed E-state index contributed by atoms with van der Waals surface area (Å²) in [5, 5.41) is 5.76. The Morgan fingerprint density at radius 3 is 2.00 bits per heavy atom. The molecule has 1 unspecified atom stereocenters. The summed E-state index contributed by atoms with van der Waals surface area (Å²) in [5.41, 5.74) is 12.9. The molecule has 8 aromatic carbocycles. The second-order valence-corrected chi connectivity index (χ2v) is 15.3. The van der Waals surface area contributed by atoms with Gasteiger partial charge >= 0.3 is 0 Å². The first kappa shape index (κ1) is 33.4.